The Morgan fingerprint density at radius 3 is 2.17 bits per heavy atom. The molecule has 1 aromatic rings. The number of hydrogen-bond donors (Lipinski definition) is 1. The first-order valence-corrected chi connectivity index (χ1v) is 8.81. The van der Waals surface area contributed by atoms with Crippen molar-refractivity contribution in [2.24, 2.45) is 0 Å². The van der Waals surface area contributed by atoms with E-state index in [1.165, 1.54) is 0 Å². The minimum atomic E-state index is -1.59. The van der Waals surface area contributed by atoms with Gasteiger partial charge in [0.2, 0.25) is 3.79 Å². The molecule has 2 rings (SSSR count). The van der Waals surface area contributed by atoms with Crippen LogP contribution in [0.4, 0.5) is 0 Å². The molecular formula is C16H21Cl3N2O2. The van der Waals surface area contributed by atoms with E-state index in [9.17, 15) is 4.79 Å². The van der Waals surface area contributed by atoms with Crippen LogP contribution in [0.5, 0.6) is 5.75 Å². The Morgan fingerprint density at radius 2 is 1.70 bits per heavy atom. The maximum atomic E-state index is 12.5. The van der Waals surface area contributed by atoms with Crippen LogP contribution in [0.25, 0.3) is 0 Å². The summed E-state index contributed by atoms with van der Waals surface area (Å²) in [4.78, 5) is 14.5. The van der Waals surface area contributed by atoms with Crippen LogP contribution in [0.1, 0.15) is 36.0 Å². The van der Waals surface area contributed by atoms with Gasteiger partial charge in [-0.2, -0.15) is 0 Å². The van der Waals surface area contributed by atoms with Gasteiger partial charge in [-0.25, -0.2) is 0 Å². The number of likely N-dealkylation sites (tertiary alicyclic amines) is 1. The first-order valence-electron chi connectivity index (χ1n) is 7.67. The van der Waals surface area contributed by atoms with E-state index in [2.05, 4.69) is 5.32 Å². The topological polar surface area (TPSA) is 41.6 Å². The number of methoxy groups -OCH3 is 1. The van der Waals surface area contributed by atoms with Crippen LogP contribution in [-0.4, -0.2) is 41.0 Å². The number of carbonyl (C=O) groups is 1. The van der Waals surface area contributed by atoms with Gasteiger partial charge in [-0.05, 0) is 37.1 Å². The van der Waals surface area contributed by atoms with Crippen molar-refractivity contribution in [2.75, 3.05) is 20.2 Å². The molecule has 4 nitrogen and oxygen atoms in total. The molecule has 1 aliphatic rings. The third-order valence-electron chi connectivity index (χ3n) is 3.94. The SMILES string of the molecule is COc1ccc(C(=O)N[C@@H](N2CCCCCC2)C(Cl)(Cl)Cl)cc1. The lowest BCUT2D eigenvalue weighted by Gasteiger charge is -2.35. The van der Waals surface area contributed by atoms with Gasteiger partial charge in [0.05, 0.1) is 7.11 Å². The number of amides is 1. The molecule has 7 heteroatoms. The predicted octanol–water partition coefficient (Wildman–Crippen LogP) is 4.00. The summed E-state index contributed by atoms with van der Waals surface area (Å²) < 4.78 is 3.50. The fourth-order valence-electron chi connectivity index (χ4n) is 2.68. The number of benzene rings is 1. The second kappa shape index (κ2) is 8.43. The number of nitrogens with one attached hydrogen (secondary N) is 1. The Kier molecular flexibility index (Phi) is 6.84. The number of ether oxygens (including phenoxy) is 1. The molecule has 0 unspecified atom stereocenters. The molecule has 1 N–H and O–H groups in total. The summed E-state index contributed by atoms with van der Waals surface area (Å²) in [6, 6.07) is 6.83. The van der Waals surface area contributed by atoms with Crippen LogP contribution in [0.15, 0.2) is 24.3 Å². The number of nitrogens with zero attached hydrogens (tertiary/aromatic N) is 1. The Labute approximate surface area is 152 Å². The minimum absolute atomic E-state index is 0.270. The van der Waals surface area contributed by atoms with Crippen molar-refractivity contribution < 1.29 is 9.53 Å². The van der Waals surface area contributed by atoms with E-state index in [0.29, 0.717) is 11.3 Å². The average molecular weight is 380 g/mol. The lowest BCUT2D eigenvalue weighted by atomic mass is 10.2. The van der Waals surface area contributed by atoms with Gasteiger partial charge in [-0.15, -0.1) is 0 Å². The van der Waals surface area contributed by atoms with Crippen LogP contribution < -0.4 is 10.1 Å². The number of alkyl halides is 3. The zero-order valence-electron chi connectivity index (χ0n) is 13.0. The molecule has 23 heavy (non-hydrogen) atoms. The van der Waals surface area contributed by atoms with Gasteiger partial charge in [0, 0.05) is 18.7 Å². The monoisotopic (exact) mass is 378 g/mol. The van der Waals surface area contributed by atoms with Crippen molar-refractivity contribution in [3.63, 3.8) is 0 Å². The van der Waals surface area contributed by atoms with E-state index in [0.717, 1.165) is 38.8 Å². The highest BCUT2D eigenvalue weighted by Crippen LogP contribution is 2.33. The summed E-state index contributed by atoms with van der Waals surface area (Å²) in [5.74, 6) is 0.417. The number of carbonyl (C=O) groups excluding carboxylic acids is 1. The van der Waals surface area contributed by atoms with Gasteiger partial charge in [-0.3, -0.25) is 9.69 Å². The van der Waals surface area contributed by atoms with Crippen molar-refractivity contribution in [1.29, 1.82) is 0 Å². The third kappa shape index (κ3) is 5.42. The second-order valence-electron chi connectivity index (χ2n) is 5.60. The highest BCUT2D eigenvalue weighted by Gasteiger charge is 2.38. The molecule has 0 radical (unpaired) electrons. The van der Waals surface area contributed by atoms with E-state index in [-0.39, 0.29) is 5.91 Å². The molecule has 0 saturated carbocycles. The van der Waals surface area contributed by atoms with Gasteiger partial charge in [-0.1, -0.05) is 47.6 Å². The van der Waals surface area contributed by atoms with Crippen LogP contribution >= 0.6 is 34.8 Å². The normalized spacial score (nSPS) is 18.1. The molecule has 1 fully saturated rings. The lowest BCUT2D eigenvalue weighted by Crippen LogP contribution is -2.55. The maximum absolute atomic E-state index is 12.5. The van der Waals surface area contributed by atoms with Crippen molar-refractivity contribution in [3.8, 4) is 5.75 Å². The second-order valence-corrected chi connectivity index (χ2v) is 7.97. The fraction of sp³-hybridized carbons (Fsp3) is 0.562. The molecule has 0 spiro atoms. The van der Waals surface area contributed by atoms with Crippen molar-refractivity contribution in [3.05, 3.63) is 29.8 Å². The summed E-state index contributed by atoms with van der Waals surface area (Å²) >= 11 is 18.4. The van der Waals surface area contributed by atoms with E-state index < -0.39 is 9.96 Å². The Morgan fingerprint density at radius 1 is 1.13 bits per heavy atom. The summed E-state index contributed by atoms with van der Waals surface area (Å²) in [7, 11) is 1.58. The Hall–Kier alpha value is -0.680. The van der Waals surface area contributed by atoms with E-state index in [1.807, 2.05) is 4.90 Å². The third-order valence-corrected chi connectivity index (χ3v) is 4.56. The highest BCUT2D eigenvalue weighted by atomic mass is 35.6. The smallest absolute Gasteiger partial charge is 0.252 e. The Balaban J connectivity index is 2.11. The number of halogens is 3. The predicted molar refractivity (Wildman–Crippen MR) is 94.6 cm³/mol. The van der Waals surface area contributed by atoms with E-state index in [1.54, 1.807) is 31.4 Å². The average Bonchev–Trinajstić information content (AvgIpc) is 2.80. The van der Waals surface area contributed by atoms with E-state index in [4.69, 9.17) is 39.5 Å². The van der Waals surface area contributed by atoms with Gasteiger partial charge in [0.1, 0.15) is 11.9 Å². The molecule has 1 atom stereocenters. The summed E-state index contributed by atoms with van der Waals surface area (Å²) in [6.07, 6.45) is 3.75. The summed E-state index contributed by atoms with van der Waals surface area (Å²) in [6.45, 7) is 1.61. The van der Waals surface area contributed by atoms with Crippen LogP contribution in [0.2, 0.25) is 0 Å². The number of rotatable bonds is 4. The zero-order valence-corrected chi connectivity index (χ0v) is 15.3. The minimum Gasteiger partial charge on any atom is -0.497 e. The van der Waals surface area contributed by atoms with Gasteiger partial charge >= 0.3 is 0 Å². The lowest BCUT2D eigenvalue weighted by molar-refractivity contribution is 0.0853. The van der Waals surface area contributed by atoms with Gasteiger partial charge in [0.15, 0.2) is 0 Å². The van der Waals surface area contributed by atoms with Crippen molar-refractivity contribution in [2.45, 2.75) is 35.6 Å². The molecule has 1 amide bonds. The molecule has 1 heterocycles. The molecule has 0 aromatic heterocycles. The fourth-order valence-corrected chi connectivity index (χ4v) is 3.26. The van der Waals surface area contributed by atoms with E-state index >= 15 is 0 Å². The first-order chi connectivity index (χ1) is 10.9. The highest BCUT2D eigenvalue weighted by molar-refractivity contribution is 6.68. The largest absolute Gasteiger partial charge is 0.497 e. The summed E-state index contributed by atoms with van der Waals surface area (Å²) in [5, 5.41) is 2.86. The standard InChI is InChI=1S/C16H21Cl3N2O2/c1-23-13-8-6-12(7-9-13)14(22)20-15(16(17,18)19)21-10-4-2-3-5-11-21/h6-9,15H,2-5,10-11H2,1H3,(H,20,22)/t15-/m0/s1. The maximum Gasteiger partial charge on any atom is 0.252 e. The van der Waals surface area contributed by atoms with Crippen LogP contribution in [-0.2, 0) is 0 Å². The number of hydrogen-bond acceptors (Lipinski definition) is 3. The molecule has 0 bridgehead atoms. The van der Waals surface area contributed by atoms with Gasteiger partial charge in [0.25, 0.3) is 5.91 Å². The molecule has 1 aliphatic heterocycles. The van der Waals surface area contributed by atoms with Gasteiger partial charge < -0.3 is 10.1 Å². The zero-order chi connectivity index (χ0) is 16.9. The Bertz CT molecular complexity index is 509. The van der Waals surface area contributed by atoms with Crippen LogP contribution in [0.3, 0.4) is 0 Å². The van der Waals surface area contributed by atoms with Crippen molar-refractivity contribution >= 4 is 40.7 Å². The molecular weight excluding hydrogens is 359 g/mol. The molecule has 1 aromatic carbocycles. The molecule has 1 saturated heterocycles. The molecule has 128 valence electrons. The first kappa shape index (κ1) is 18.7. The van der Waals surface area contributed by atoms with Crippen molar-refractivity contribution in [1.82, 2.24) is 10.2 Å². The molecule has 0 aliphatic carbocycles. The van der Waals surface area contributed by atoms with Crippen LogP contribution in [0, 0.1) is 0 Å². The summed E-state index contributed by atoms with van der Waals surface area (Å²) in [5.41, 5.74) is 0.500. The quantitative estimate of drug-likeness (QED) is 0.804.